The van der Waals surface area contributed by atoms with Gasteiger partial charge in [-0.05, 0) is 38.4 Å². The number of rotatable bonds is 4. The molecule has 0 fully saturated rings. The minimum Gasteiger partial charge on any atom is -0.359 e. The maximum Gasteiger partial charge on any atom is 0.270 e. The molecule has 1 rings (SSSR count). The van der Waals surface area contributed by atoms with Crippen molar-refractivity contribution in [2.45, 2.75) is 20.8 Å². The van der Waals surface area contributed by atoms with Crippen LogP contribution in [0.5, 0.6) is 0 Å². The van der Waals surface area contributed by atoms with Crippen molar-refractivity contribution in [2.24, 2.45) is 5.41 Å². The summed E-state index contributed by atoms with van der Waals surface area (Å²) in [5, 5.41) is 5.23. The third-order valence-corrected chi connectivity index (χ3v) is 2.76. The van der Waals surface area contributed by atoms with Crippen LogP contribution in [-0.4, -0.2) is 35.4 Å². The van der Waals surface area contributed by atoms with Gasteiger partial charge in [0, 0.05) is 19.3 Å². The summed E-state index contributed by atoms with van der Waals surface area (Å²) in [6, 6.07) is 1.54. The Balaban J connectivity index is 2.73. The van der Waals surface area contributed by atoms with Crippen molar-refractivity contribution in [3.05, 3.63) is 22.7 Å². The average Bonchev–Trinajstić information content (AvgIpc) is 2.33. The Morgan fingerprint density at radius 2 is 2.00 bits per heavy atom. The van der Waals surface area contributed by atoms with Crippen LogP contribution in [0.2, 0.25) is 5.28 Å². The van der Waals surface area contributed by atoms with Crippen LogP contribution in [0.3, 0.4) is 0 Å². The lowest BCUT2D eigenvalue weighted by atomic mass is 9.92. The van der Waals surface area contributed by atoms with Gasteiger partial charge in [-0.1, -0.05) is 0 Å². The van der Waals surface area contributed by atoms with Crippen molar-refractivity contribution in [3.8, 4) is 0 Å². The molecule has 6 nitrogen and oxygen atoms in total. The van der Waals surface area contributed by atoms with Crippen LogP contribution in [0.25, 0.3) is 0 Å². The van der Waals surface area contributed by atoms with E-state index in [-0.39, 0.29) is 29.3 Å². The number of carbonyl (C=O) groups excluding carboxylic acids is 2. The van der Waals surface area contributed by atoms with Gasteiger partial charge in [-0.25, -0.2) is 9.97 Å². The first kappa shape index (κ1) is 15.4. The molecule has 2 amide bonds. The van der Waals surface area contributed by atoms with Gasteiger partial charge in [0.25, 0.3) is 5.91 Å². The summed E-state index contributed by atoms with van der Waals surface area (Å²) in [6.45, 7) is 5.40. The van der Waals surface area contributed by atoms with Crippen LogP contribution in [0.1, 0.15) is 30.0 Å². The summed E-state index contributed by atoms with van der Waals surface area (Å²) in [5.41, 5.74) is 0.0944. The highest BCUT2D eigenvalue weighted by Gasteiger charge is 2.27. The van der Waals surface area contributed by atoms with Gasteiger partial charge in [0.2, 0.25) is 11.2 Å². The van der Waals surface area contributed by atoms with E-state index < -0.39 is 5.41 Å². The summed E-state index contributed by atoms with van der Waals surface area (Å²) < 4.78 is 0. The normalized spacial score (nSPS) is 11.0. The van der Waals surface area contributed by atoms with Gasteiger partial charge >= 0.3 is 0 Å². The smallest absolute Gasteiger partial charge is 0.270 e. The molecule has 19 heavy (non-hydrogen) atoms. The molecule has 2 N–H and O–H groups in total. The lowest BCUT2D eigenvalue weighted by molar-refractivity contribution is -0.128. The fourth-order valence-corrected chi connectivity index (χ4v) is 1.68. The Hall–Kier alpha value is -1.69. The van der Waals surface area contributed by atoms with E-state index >= 15 is 0 Å². The summed E-state index contributed by atoms with van der Waals surface area (Å²) in [7, 11) is 1.56. The molecule has 0 aliphatic carbocycles. The Bertz CT molecular complexity index is 482. The highest BCUT2D eigenvalue weighted by molar-refractivity contribution is 6.28. The van der Waals surface area contributed by atoms with Gasteiger partial charge in [-0.3, -0.25) is 9.59 Å². The first-order chi connectivity index (χ1) is 8.76. The number of aromatic nitrogens is 2. The Morgan fingerprint density at radius 3 is 2.53 bits per heavy atom. The van der Waals surface area contributed by atoms with Crippen LogP contribution in [0.15, 0.2) is 6.07 Å². The topological polar surface area (TPSA) is 84.0 Å². The lowest BCUT2D eigenvalue weighted by Crippen LogP contribution is -2.43. The van der Waals surface area contributed by atoms with Crippen LogP contribution in [-0.2, 0) is 4.79 Å². The standard InChI is InChI=1S/C12H17ClN4O2/c1-7-5-8(17-11(13)16-7)9(18)15-6-12(2,3)10(19)14-4/h5H,6H2,1-4H3,(H,14,19)(H,15,18). The fraction of sp³-hybridized carbons (Fsp3) is 0.500. The molecule has 0 unspecified atom stereocenters. The van der Waals surface area contributed by atoms with Crippen LogP contribution in [0.4, 0.5) is 0 Å². The SMILES string of the molecule is CNC(=O)C(C)(C)CNC(=O)c1cc(C)nc(Cl)n1. The molecule has 0 atom stereocenters. The number of hydrogen-bond donors (Lipinski definition) is 2. The summed E-state index contributed by atoms with van der Waals surface area (Å²) in [5.74, 6) is -0.533. The van der Waals surface area contributed by atoms with Crippen LogP contribution in [0, 0.1) is 12.3 Å². The molecule has 0 aromatic carbocycles. The maximum atomic E-state index is 11.9. The third kappa shape index (κ3) is 4.17. The third-order valence-electron chi connectivity index (χ3n) is 2.59. The molecular formula is C12H17ClN4O2. The molecule has 1 heterocycles. The van der Waals surface area contributed by atoms with Gasteiger partial charge < -0.3 is 10.6 Å². The Morgan fingerprint density at radius 1 is 1.37 bits per heavy atom. The second kappa shape index (κ2) is 5.97. The highest BCUT2D eigenvalue weighted by atomic mass is 35.5. The first-order valence-electron chi connectivity index (χ1n) is 5.78. The molecule has 7 heteroatoms. The van der Waals surface area contributed by atoms with Gasteiger partial charge in [-0.15, -0.1) is 0 Å². The minimum absolute atomic E-state index is 0.0238. The van der Waals surface area contributed by atoms with E-state index in [9.17, 15) is 9.59 Å². The molecule has 1 aromatic rings. The number of carbonyl (C=O) groups is 2. The lowest BCUT2D eigenvalue weighted by Gasteiger charge is -2.22. The van der Waals surface area contributed by atoms with Crippen molar-refractivity contribution in [1.29, 1.82) is 0 Å². The van der Waals surface area contributed by atoms with Crippen molar-refractivity contribution >= 4 is 23.4 Å². The highest BCUT2D eigenvalue weighted by Crippen LogP contribution is 2.13. The molecule has 0 aliphatic heterocycles. The van der Waals surface area contributed by atoms with Crippen LogP contribution >= 0.6 is 11.6 Å². The van der Waals surface area contributed by atoms with Gasteiger partial charge in [-0.2, -0.15) is 0 Å². The number of nitrogens with zero attached hydrogens (tertiary/aromatic N) is 2. The van der Waals surface area contributed by atoms with Crippen molar-refractivity contribution < 1.29 is 9.59 Å². The van der Waals surface area contributed by atoms with Gasteiger partial charge in [0.15, 0.2) is 0 Å². The number of aryl methyl sites for hydroxylation is 1. The molecule has 1 aromatic heterocycles. The van der Waals surface area contributed by atoms with Crippen molar-refractivity contribution in [3.63, 3.8) is 0 Å². The van der Waals surface area contributed by atoms with Crippen molar-refractivity contribution in [1.82, 2.24) is 20.6 Å². The minimum atomic E-state index is -0.698. The van der Waals surface area contributed by atoms with E-state index in [0.717, 1.165) is 0 Å². The van der Waals surface area contributed by atoms with E-state index in [4.69, 9.17) is 11.6 Å². The second-order valence-corrected chi connectivity index (χ2v) is 5.15. The van der Waals surface area contributed by atoms with E-state index in [1.54, 1.807) is 27.8 Å². The molecule has 104 valence electrons. The number of nitrogens with one attached hydrogen (secondary N) is 2. The zero-order valence-corrected chi connectivity index (χ0v) is 12.1. The Kier molecular flexibility index (Phi) is 4.83. The first-order valence-corrected chi connectivity index (χ1v) is 6.15. The molecule has 0 aliphatic rings. The second-order valence-electron chi connectivity index (χ2n) is 4.81. The quantitative estimate of drug-likeness (QED) is 0.806. The number of amides is 2. The molecule has 0 saturated heterocycles. The summed E-state index contributed by atoms with van der Waals surface area (Å²) in [4.78, 5) is 31.2. The molecule has 0 radical (unpaired) electrons. The molecule has 0 bridgehead atoms. The van der Waals surface area contributed by atoms with E-state index in [2.05, 4.69) is 20.6 Å². The van der Waals surface area contributed by atoms with E-state index in [1.807, 2.05) is 0 Å². The van der Waals surface area contributed by atoms with Crippen LogP contribution < -0.4 is 10.6 Å². The summed E-state index contributed by atoms with van der Waals surface area (Å²) >= 11 is 5.69. The average molecular weight is 285 g/mol. The van der Waals surface area contributed by atoms with Gasteiger partial charge in [0.1, 0.15) is 5.69 Å². The summed E-state index contributed by atoms with van der Waals surface area (Å²) in [6.07, 6.45) is 0. The molecular weight excluding hydrogens is 268 g/mol. The van der Waals surface area contributed by atoms with E-state index in [1.165, 1.54) is 6.07 Å². The Labute approximate surface area is 117 Å². The number of hydrogen-bond acceptors (Lipinski definition) is 4. The molecule has 0 spiro atoms. The number of halogens is 1. The maximum absolute atomic E-state index is 11.9. The largest absolute Gasteiger partial charge is 0.359 e. The van der Waals surface area contributed by atoms with E-state index in [0.29, 0.717) is 5.69 Å². The molecule has 0 saturated carbocycles. The predicted octanol–water partition coefficient (Wildman–Crippen LogP) is 0.940. The zero-order valence-electron chi connectivity index (χ0n) is 11.4. The van der Waals surface area contributed by atoms with Gasteiger partial charge in [0.05, 0.1) is 5.41 Å². The zero-order chi connectivity index (χ0) is 14.6. The monoisotopic (exact) mass is 284 g/mol. The predicted molar refractivity (Wildman–Crippen MR) is 72.0 cm³/mol. The fourth-order valence-electron chi connectivity index (χ4n) is 1.46. The van der Waals surface area contributed by atoms with Crippen molar-refractivity contribution in [2.75, 3.05) is 13.6 Å².